The van der Waals surface area contributed by atoms with Gasteiger partial charge >= 0.3 is 0 Å². The third-order valence-electron chi connectivity index (χ3n) is 2.86. The van der Waals surface area contributed by atoms with Gasteiger partial charge in [-0.05, 0) is 27.3 Å². The van der Waals surface area contributed by atoms with Gasteiger partial charge in [-0.25, -0.2) is 0 Å². The second kappa shape index (κ2) is 4.28. The van der Waals surface area contributed by atoms with Gasteiger partial charge in [0.2, 0.25) is 5.91 Å². The number of rotatable bonds is 3. The van der Waals surface area contributed by atoms with Gasteiger partial charge in [0.1, 0.15) is 0 Å². The Labute approximate surface area is 86.0 Å². The summed E-state index contributed by atoms with van der Waals surface area (Å²) < 4.78 is 0. The predicted octanol–water partition coefficient (Wildman–Crippen LogP) is -0.195. The highest BCUT2D eigenvalue weighted by Gasteiger charge is 2.32. The Bertz CT molecular complexity index is 215. The van der Waals surface area contributed by atoms with Crippen molar-refractivity contribution in [2.24, 2.45) is 0 Å². The van der Waals surface area contributed by atoms with Crippen LogP contribution in [-0.2, 0) is 4.79 Å². The lowest BCUT2D eigenvalue weighted by Gasteiger charge is -2.24. The van der Waals surface area contributed by atoms with Crippen molar-refractivity contribution in [3.05, 3.63) is 0 Å². The topological polar surface area (TPSA) is 44.4 Å². The molecule has 1 aliphatic rings. The zero-order valence-electron chi connectivity index (χ0n) is 9.55. The number of hydrogen-bond donors (Lipinski definition) is 2. The van der Waals surface area contributed by atoms with Gasteiger partial charge in [0.05, 0.1) is 6.54 Å². The lowest BCUT2D eigenvalue weighted by Crippen LogP contribution is -2.40. The van der Waals surface area contributed by atoms with Gasteiger partial charge in [0.25, 0.3) is 0 Å². The summed E-state index contributed by atoms with van der Waals surface area (Å²) in [6, 6.07) is 0.474. The summed E-state index contributed by atoms with van der Waals surface area (Å²) in [6.07, 6.45) is 1.10. The van der Waals surface area contributed by atoms with Crippen molar-refractivity contribution in [3.8, 4) is 0 Å². The van der Waals surface area contributed by atoms with Crippen LogP contribution in [0.3, 0.4) is 0 Å². The molecule has 14 heavy (non-hydrogen) atoms. The number of nitrogens with zero attached hydrogens (tertiary/aromatic N) is 1. The zero-order valence-corrected chi connectivity index (χ0v) is 9.55. The molecule has 1 rings (SSSR count). The van der Waals surface area contributed by atoms with E-state index < -0.39 is 0 Å². The maximum absolute atomic E-state index is 11.2. The van der Waals surface area contributed by atoms with Crippen LogP contribution < -0.4 is 10.6 Å². The van der Waals surface area contributed by atoms with E-state index >= 15 is 0 Å². The third-order valence-corrected chi connectivity index (χ3v) is 2.86. The van der Waals surface area contributed by atoms with Crippen LogP contribution in [0.1, 0.15) is 20.3 Å². The molecule has 0 aromatic heterocycles. The Morgan fingerprint density at radius 2 is 2.29 bits per heavy atom. The van der Waals surface area contributed by atoms with Crippen LogP contribution in [0, 0.1) is 0 Å². The van der Waals surface area contributed by atoms with Gasteiger partial charge in [-0.15, -0.1) is 0 Å². The molecule has 1 amide bonds. The van der Waals surface area contributed by atoms with Crippen LogP contribution in [-0.4, -0.2) is 49.6 Å². The van der Waals surface area contributed by atoms with E-state index in [1.165, 1.54) is 0 Å². The molecule has 82 valence electrons. The van der Waals surface area contributed by atoms with Gasteiger partial charge in [0.15, 0.2) is 0 Å². The monoisotopic (exact) mass is 199 g/mol. The molecule has 4 nitrogen and oxygen atoms in total. The summed E-state index contributed by atoms with van der Waals surface area (Å²) in [5.74, 6) is 0.0807. The van der Waals surface area contributed by atoms with E-state index in [0.717, 1.165) is 13.0 Å². The van der Waals surface area contributed by atoms with Crippen LogP contribution in [0.5, 0.6) is 0 Å². The lowest BCUT2D eigenvalue weighted by atomic mass is 10.0. The minimum Gasteiger partial charge on any atom is -0.358 e. The fourth-order valence-corrected chi connectivity index (χ4v) is 1.87. The smallest absolute Gasteiger partial charge is 0.233 e. The highest BCUT2D eigenvalue weighted by atomic mass is 16.1. The number of nitrogens with one attached hydrogen (secondary N) is 2. The van der Waals surface area contributed by atoms with Crippen LogP contribution in [0.25, 0.3) is 0 Å². The molecule has 0 spiro atoms. The zero-order chi connectivity index (χ0) is 10.8. The first-order valence-electron chi connectivity index (χ1n) is 5.10. The second-order valence-corrected chi connectivity index (χ2v) is 4.71. The molecule has 4 heteroatoms. The SMILES string of the molecule is CNC(=O)CN(C)C1CNC(C)(C)C1. The summed E-state index contributed by atoms with van der Waals surface area (Å²) in [5.41, 5.74) is 0.210. The first-order chi connectivity index (χ1) is 6.44. The van der Waals surface area contributed by atoms with E-state index in [2.05, 4.69) is 29.4 Å². The van der Waals surface area contributed by atoms with Crippen molar-refractivity contribution in [2.45, 2.75) is 31.8 Å². The molecule has 2 N–H and O–H groups in total. The molecule has 1 saturated heterocycles. The molecule has 0 bridgehead atoms. The van der Waals surface area contributed by atoms with Gasteiger partial charge in [-0.1, -0.05) is 0 Å². The number of likely N-dealkylation sites (N-methyl/N-ethyl adjacent to an activating group) is 2. The van der Waals surface area contributed by atoms with E-state index in [1.807, 2.05) is 7.05 Å². The average molecular weight is 199 g/mol. The van der Waals surface area contributed by atoms with Gasteiger partial charge in [-0.3, -0.25) is 9.69 Å². The minimum absolute atomic E-state index is 0.0807. The summed E-state index contributed by atoms with van der Waals surface area (Å²) in [5, 5.41) is 6.08. The minimum atomic E-state index is 0.0807. The van der Waals surface area contributed by atoms with Crippen LogP contribution in [0.2, 0.25) is 0 Å². The first kappa shape index (κ1) is 11.5. The summed E-state index contributed by atoms with van der Waals surface area (Å²) in [4.78, 5) is 13.3. The molecule has 0 aromatic rings. The Morgan fingerprint density at radius 1 is 1.64 bits per heavy atom. The first-order valence-corrected chi connectivity index (χ1v) is 5.10. The van der Waals surface area contributed by atoms with Crippen LogP contribution in [0.4, 0.5) is 0 Å². The second-order valence-electron chi connectivity index (χ2n) is 4.71. The van der Waals surface area contributed by atoms with Gasteiger partial charge in [0, 0.05) is 25.2 Å². The molecule has 0 aromatic carbocycles. The molecule has 1 aliphatic heterocycles. The molecular formula is C10H21N3O. The van der Waals surface area contributed by atoms with Crippen LogP contribution in [0.15, 0.2) is 0 Å². The number of hydrogen-bond acceptors (Lipinski definition) is 3. The number of carbonyl (C=O) groups is 1. The standard InChI is InChI=1S/C10H21N3O/c1-10(2)5-8(6-12-10)13(4)7-9(14)11-3/h8,12H,5-7H2,1-4H3,(H,11,14). The molecule has 1 unspecified atom stereocenters. The fourth-order valence-electron chi connectivity index (χ4n) is 1.87. The number of carbonyl (C=O) groups excluding carboxylic acids is 1. The van der Waals surface area contributed by atoms with Crippen molar-refractivity contribution < 1.29 is 4.79 Å². The van der Waals surface area contributed by atoms with Crippen LogP contribution >= 0.6 is 0 Å². The normalized spacial score (nSPS) is 25.4. The van der Waals surface area contributed by atoms with Crippen molar-refractivity contribution in [1.82, 2.24) is 15.5 Å². The molecule has 0 saturated carbocycles. The molecule has 0 aliphatic carbocycles. The van der Waals surface area contributed by atoms with Crippen molar-refractivity contribution >= 4 is 5.91 Å². The van der Waals surface area contributed by atoms with E-state index in [1.54, 1.807) is 7.05 Å². The third kappa shape index (κ3) is 2.96. The average Bonchev–Trinajstić information content (AvgIpc) is 2.46. The molecule has 1 heterocycles. The molecular weight excluding hydrogens is 178 g/mol. The summed E-state index contributed by atoms with van der Waals surface area (Å²) in [6.45, 7) is 5.85. The van der Waals surface area contributed by atoms with E-state index in [0.29, 0.717) is 12.6 Å². The van der Waals surface area contributed by atoms with Crippen molar-refractivity contribution in [1.29, 1.82) is 0 Å². The lowest BCUT2D eigenvalue weighted by molar-refractivity contribution is -0.121. The highest BCUT2D eigenvalue weighted by molar-refractivity contribution is 5.77. The van der Waals surface area contributed by atoms with E-state index in [9.17, 15) is 4.79 Å². The molecule has 1 fully saturated rings. The predicted molar refractivity (Wildman–Crippen MR) is 57.2 cm³/mol. The fraction of sp³-hybridized carbons (Fsp3) is 0.900. The maximum atomic E-state index is 11.2. The Kier molecular flexibility index (Phi) is 3.50. The van der Waals surface area contributed by atoms with Gasteiger partial charge in [-0.2, -0.15) is 0 Å². The quantitative estimate of drug-likeness (QED) is 0.662. The van der Waals surface area contributed by atoms with E-state index in [-0.39, 0.29) is 11.4 Å². The van der Waals surface area contributed by atoms with Crippen molar-refractivity contribution in [2.75, 3.05) is 27.2 Å². The summed E-state index contributed by atoms with van der Waals surface area (Å²) in [7, 11) is 3.68. The highest BCUT2D eigenvalue weighted by Crippen LogP contribution is 2.20. The Hall–Kier alpha value is -0.610. The molecule has 0 radical (unpaired) electrons. The summed E-state index contributed by atoms with van der Waals surface area (Å²) >= 11 is 0. The Morgan fingerprint density at radius 3 is 2.71 bits per heavy atom. The Balaban J connectivity index is 2.39. The largest absolute Gasteiger partial charge is 0.358 e. The molecule has 1 atom stereocenters. The maximum Gasteiger partial charge on any atom is 0.233 e. The number of amides is 1. The van der Waals surface area contributed by atoms with Crippen molar-refractivity contribution in [3.63, 3.8) is 0 Å². The van der Waals surface area contributed by atoms with E-state index in [4.69, 9.17) is 0 Å². The van der Waals surface area contributed by atoms with Gasteiger partial charge < -0.3 is 10.6 Å².